The van der Waals surface area contributed by atoms with Crippen LogP contribution in [0.15, 0.2) is 176 Å². The van der Waals surface area contributed by atoms with Crippen LogP contribution in [0.5, 0.6) is 0 Å². The van der Waals surface area contributed by atoms with Crippen molar-refractivity contribution < 1.29 is 9.90 Å². The molecular formula is C41H30N2O2. The van der Waals surface area contributed by atoms with E-state index in [0.717, 1.165) is 45.3 Å². The van der Waals surface area contributed by atoms with Crippen molar-refractivity contribution in [1.29, 1.82) is 0 Å². The van der Waals surface area contributed by atoms with E-state index in [1.54, 1.807) is 18.2 Å². The van der Waals surface area contributed by atoms with Gasteiger partial charge in [-0.1, -0.05) is 103 Å². The van der Waals surface area contributed by atoms with Crippen molar-refractivity contribution >= 4 is 50.9 Å². The van der Waals surface area contributed by atoms with Crippen LogP contribution in [0.4, 0.5) is 34.1 Å². The zero-order valence-corrected chi connectivity index (χ0v) is 24.5. The van der Waals surface area contributed by atoms with E-state index < -0.39 is 5.97 Å². The number of fused-ring (bicyclic) bond motifs is 1. The van der Waals surface area contributed by atoms with Crippen LogP contribution in [0.25, 0.3) is 21.9 Å². The van der Waals surface area contributed by atoms with Gasteiger partial charge >= 0.3 is 5.97 Å². The summed E-state index contributed by atoms with van der Waals surface area (Å²) in [5.74, 6) is -0.949. The van der Waals surface area contributed by atoms with E-state index in [9.17, 15) is 9.90 Å². The number of para-hydroxylation sites is 2. The van der Waals surface area contributed by atoms with E-state index in [1.807, 2.05) is 42.5 Å². The van der Waals surface area contributed by atoms with Gasteiger partial charge in [0.1, 0.15) is 0 Å². The summed E-state index contributed by atoms with van der Waals surface area (Å²) in [6, 6.07) is 59.4. The van der Waals surface area contributed by atoms with E-state index in [0.29, 0.717) is 0 Å². The molecule has 0 fully saturated rings. The number of nitrogens with zero attached hydrogens (tertiary/aromatic N) is 2. The molecule has 7 aromatic rings. The summed E-state index contributed by atoms with van der Waals surface area (Å²) < 4.78 is 0. The minimum Gasteiger partial charge on any atom is -0.478 e. The fourth-order valence-electron chi connectivity index (χ4n) is 5.82. The minimum atomic E-state index is -0.949. The molecule has 0 unspecified atom stereocenters. The summed E-state index contributed by atoms with van der Waals surface area (Å²) in [6.07, 6.45) is 0. The Bertz CT molecular complexity index is 2070. The van der Waals surface area contributed by atoms with Gasteiger partial charge in [0.2, 0.25) is 0 Å². The molecule has 4 nitrogen and oxygen atoms in total. The van der Waals surface area contributed by atoms with Crippen LogP contribution in [0.2, 0.25) is 0 Å². The monoisotopic (exact) mass is 582 g/mol. The second-order valence-electron chi connectivity index (χ2n) is 10.8. The number of carboxylic acids is 1. The molecule has 0 radical (unpaired) electrons. The lowest BCUT2D eigenvalue weighted by Gasteiger charge is -2.27. The predicted octanol–water partition coefficient (Wildman–Crippen LogP) is 11.1. The highest BCUT2D eigenvalue weighted by atomic mass is 16.4. The molecule has 0 aliphatic carbocycles. The first-order valence-electron chi connectivity index (χ1n) is 14.9. The Kier molecular flexibility index (Phi) is 7.53. The molecule has 45 heavy (non-hydrogen) atoms. The van der Waals surface area contributed by atoms with Gasteiger partial charge in [0.25, 0.3) is 0 Å². The Morgan fingerprint density at radius 3 is 1.51 bits per heavy atom. The van der Waals surface area contributed by atoms with Crippen LogP contribution in [0.3, 0.4) is 0 Å². The predicted molar refractivity (Wildman–Crippen MR) is 186 cm³/mol. The Morgan fingerprint density at radius 1 is 0.422 bits per heavy atom. The number of hydrogen-bond acceptors (Lipinski definition) is 3. The summed E-state index contributed by atoms with van der Waals surface area (Å²) >= 11 is 0. The second-order valence-corrected chi connectivity index (χ2v) is 10.8. The molecule has 0 aliphatic rings. The smallest absolute Gasteiger partial charge is 0.335 e. The van der Waals surface area contributed by atoms with Gasteiger partial charge in [-0.2, -0.15) is 0 Å². The summed E-state index contributed by atoms with van der Waals surface area (Å²) in [6.45, 7) is 0. The van der Waals surface area contributed by atoms with Crippen molar-refractivity contribution in [3.05, 3.63) is 181 Å². The molecule has 216 valence electrons. The molecule has 0 saturated carbocycles. The zero-order chi connectivity index (χ0) is 30.6. The van der Waals surface area contributed by atoms with Gasteiger partial charge in [-0.3, -0.25) is 0 Å². The third-order valence-electron chi connectivity index (χ3n) is 7.97. The lowest BCUT2D eigenvalue weighted by atomic mass is 10.0. The van der Waals surface area contributed by atoms with Gasteiger partial charge < -0.3 is 14.9 Å². The number of aromatic carboxylic acids is 1. The fraction of sp³-hybridized carbons (Fsp3) is 0. The molecule has 0 spiro atoms. The highest BCUT2D eigenvalue weighted by Crippen LogP contribution is 2.40. The summed E-state index contributed by atoms with van der Waals surface area (Å²) in [5.41, 5.74) is 8.42. The molecule has 1 N–H and O–H groups in total. The SMILES string of the molecule is O=C(O)c1cccc(N(c2ccccc2)c2ccc(-c3ccc(N(c4ccccc4)c4cccc5ccccc45)cc3)cc2)c1. The van der Waals surface area contributed by atoms with Crippen molar-refractivity contribution in [2.75, 3.05) is 9.80 Å². The van der Waals surface area contributed by atoms with Crippen LogP contribution >= 0.6 is 0 Å². The molecule has 0 aliphatic heterocycles. The molecule has 0 bridgehead atoms. The van der Waals surface area contributed by atoms with E-state index in [-0.39, 0.29) is 5.56 Å². The molecule has 0 amide bonds. The largest absolute Gasteiger partial charge is 0.478 e. The third-order valence-corrected chi connectivity index (χ3v) is 7.97. The highest BCUT2D eigenvalue weighted by Gasteiger charge is 2.17. The van der Waals surface area contributed by atoms with Gasteiger partial charge in [0.05, 0.1) is 11.3 Å². The number of anilines is 6. The Labute approximate surface area is 262 Å². The maximum atomic E-state index is 11.7. The van der Waals surface area contributed by atoms with E-state index in [1.165, 1.54) is 10.8 Å². The van der Waals surface area contributed by atoms with E-state index >= 15 is 0 Å². The van der Waals surface area contributed by atoms with Crippen molar-refractivity contribution in [1.82, 2.24) is 0 Å². The molecular weight excluding hydrogens is 552 g/mol. The van der Waals surface area contributed by atoms with Crippen LogP contribution in [-0.2, 0) is 0 Å². The van der Waals surface area contributed by atoms with Crippen molar-refractivity contribution in [2.24, 2.45) is 0 Å². The number of rotatable bonds is 8. The molecule has 0 aromatic heterocycles. The molecule has 4 heteroatoms. The summed E-state index contributed by atoms with van der Waals surface area (Å²) in [7, 11) is 0. The third kappa shape index (κ3) is 5.65. The molecule has 0 heterocycles. The van der Waals surface area contributed by atoms with Crippen molar-refractivity contribution in [3.8, 4) is 11.1 Å². The molecule has 7 aromatic carbocycles. The van der Waals surface area contributed by atoms with Gasteiger partial charge in [-0.15, -0.1) is 0 Å². The van der Waals surface area contributed by atoms with Crippen LogP contribution in [-0.4, -0.2) is 11.1 Å². The van der Waals surface area contributed by atoms with Crippen molar-refractivity contribution in [3.63, 3.8) is 0 Å². The molecule has 7 rings (SSSR count). The Hall–Kier alpha value is -6.13. The van der Waals surface area contributed by atoms with Crippen LogP contribution < -0.4 is 9.80 Å². The Morgan fingerprint density at radius 2 is 0.889 bits per heavy atom. The fourth-order valence-corrected chi connectivity index (χ4v) is 5.82. The quantitative estimate of drug-likeness (QED) is 0.194. The molecule has 0 atom stereocenters. The summed E-state index contributed by atoms with van der Waals surface area (Å²) in [4.78, 5) is 16.1. The first-order chi connectivity index (χ1) is 22.2. The maximum Gasteiger partial charge on any atom is 0.335 e. The average Bonchev–Trinajstić information content (AvgIpc) is 3.10. The standard InChI is InChI=1S/C41H30N2O2/c44-41(45)33-13-9-18-38(29-33)42(34-14-3-1-4-15-34)36-25-21-30(22-26-36)31-23-27-37(28-24-31)43(35-16-5-2-6-17-35)40-20-10-12-32-11-7-8-19-39(32)40/h1-29H,(H,44,45). The Balaban J connectivity index is 1.23. The average molecular weight is 583 g/mol. The maximum absolute atomic E-state index is 11.7. The first kappa shape index (κ1) is 27.7. The lowest BCUT2D eigenvalue weighted by Crippen LogP contribution is -2.11. The van der Waals surface area contributed by atoms with E-state index in [2.05, 4.69) is 125 Å². The minimum absolute atomic E-state index is 0.248. The van der Waals surface area contributed by atoms with Crippen LogP contribution in [0.1, 0.15) is 10.4 Å². The van der Waals surface area contributed by atoms with E-state index in [4.69, 9.17) is 0 Å². The zero-order valence-electron chi connectivity index (χ0n) is 24.5. The second kappa shape index (κ2) is 12.2. The van der Waals surface area contributed by atoms with Crippen molar-refractivity contribution in [2.45, 2.75) is 0 Å². The van der Waals surface area contributed by atoms with Crippen LogP contribution in [0, 0.1) is 0 Å². The number of benzene rings is 7. The van der Waals surface area contributed by atoms with Gasteiger partial charge in [0, 0.05) is 33.8 Å². The lowest BCUT2D eigenvalue weighted by molar-refractivity contribution is 0.0697. The summed E-state index contributed by atoms with van der Waals surface area (Å²) in [5, 5.41) is 12.0. The normalized spacial score (nSPS) is 10.8. The van der Waals surface area contributed by atoms with Gasteiger partial charge in [-0.05, 0) is 89.3 Å². The topological polar surface area (TPSA) is 43.8 Å². The van der Waals surface area contributed by atoms with Gasteiger partial charge in [-0.25, -0.2) is 4.79 Å². The number of hydrogen-bond donors (Lipinski definition) is 1. The number of carbonyl (C=O) groups is 1. The highest BCUT2D eigenvalue weighted by molar-refractivity contribution is 5.99. The number of carboxylic acid groups (broad SMARTS) is 1. The molecule has 0 saturated heterocycles. The van der Waals surface area contributed by atoms with Gasteiger partial charge in [0.15, 0.2) is 0 Å². The first-order valence-corrected chi connectivity index (χ1v) is 14.9.